The van der Waals surface area contributed by atoms with Gasteiger partial charge >= 0.3 is 14.8 Å². The van der Waals surface area contributed by atoms with Crippen LogP contribution in [0.3, 0.4) is 0 Å². The van der Waals surface area contributed by atoms with Gasteiger partial charge in [-0.2, -0.15) is 0 Å². The van der Waals surface area contributed by atoms with E-state index in [2.05, 4.69) is 4.90 Å². The van der Waals surface area contributed by atoms with Gasteiger partial charge in [-0.3, -0.25) is 9.69 Å². The number of hydrogen-bond donors (Lipinski definition) is 0. The first-order chi connectivity index (χ1) is 20.1. The molecule has 0 amide bonds. The van der Waals surface area contributed by atoms with Crippen molar-refractivity contribution in [2.45, 2.75) is 65.3 Å². The molecule has 1 aliphatic rings. The van der Waals surface area contributed by atoms with Crippen molar-refractivity contribution in [3.63, 3.8) is 0 Å². The van der Waals surface area contributed by atoms with Gasteiger partial charge in [-0.1, -0.05) is 37.5 Å². The molecule has 11 heteroatoms. The molecule has 41 heavy (non-hydrogen) atoms. The van der Waals surface area contributed by atoms with Crippen molar-refractivity contribution in [2.24, 2.45) is 0 Å². The van der Waals surface area contributed by atoms with E-state index in [-0.39, 0.29) is 12.6 Å². The molecule has 0 heterocycles. The van der Waals surface area contributed by atoms with Crippen molar-refractivity contribution in [3.05, 3.63) is 30.3 Å². The molecular formula is C30H53NO9Si. The van der Waals surface area contributed by atoms with Crippen molar-refractivity contribution in [1.82, 2.24) is 4.90 Å². The Hall–Kier alpha value is -1.57. The molecule has 1 aromatic rings. The largest absolute Gasteiger partial charge is 0.515 e. The van der Waals surface area contributed by atoms with Crippen LogP contribution in [0.25, 0.3) is 0 Å². The van der Waals surface area contributed by atoms with Gasteiger partial charge in [0, 0.05) is 32.4 Å². The van der Waals surface area contributed by atoms with Crippen LogP contribution in [0.15, 0.2) is 30.3 Å². The van der Waals surface area contributed by atoms with Crippen molar-refractivity contribution >= 4 is 14.8 Å². The normalized spacial score (nSPS) is 14.4. The monoisotopic (exact) mass is 599 g/mol. The van der Waals surface area contributed by atoms with E-state index in [1.165, 1.54) is 19.3 Å². The minimum Gasteiger partial charge on any atom is -0.491 e. The quantitative estimate of drug-likeness (QED) is 0.0921. The van der Waals surface area contributed by atoms with Crippen LogP contribution in [-0.2, 0) is 37.0 Å². The van der Waals surface area contributed by atoms with E-state index in [0.717, 1.165) is 18.6 Å². The van der Waals surface area contributed by atoms with Gasteiger partial charge in [0.2, 0.25) is 0 Å². The molecule has 0 atom stereocenters. The second-order valence-corrected chi connectivity index (χ2v) is 12.3. The highest BCUT2D eigenvalue weighted by Gasteiger charge is 2.44. The third-order valence-corrected chi connectivity index (χ3v) is 9.64. The minimum atomic E-state index is -2.86. The van der Waals surface area contributed by atoms with Gasteiger partial charge in [-0.15, -0.1) is 0 Å². The van der Waals surface area contributed by atoms with Crippen molar-refractivity contribution < 1.29 is 41.8 Å². The number of benzene rings is 1. The third-order valence-electron chi connectivity index (χ3n) is 6.66. The molecule has 236 valence electrons. The number of carbonyl (C=O) groups excluding carboxylic acids is 1. The number of ether oxygens (including phenoxy) is 5. The molecule has 0 radical (unpaired) electrons. The Morgan fingerprint density at radius 3 is 1.85 bits per heavy atom. The van der Waals surface area contributed by atoms with E-state index in [1.54, 1.807) is 0 Å². The predicted molar refractivity (Wildman–Crippen MR) is 159 cm³/mol. The molecule has 0 N–H and O–H groups in total. The van der Waals surface area contributed by atoms with E-state index in [1.807, 2.05) is 51.1 Å². The molecule has 1 saturated carbocycles. The van der Waals surface area contributed by atoms with Crippen LogP contribution >= 0.6 is 0 Å². The van der Waals surface area contributed by atoms with Crippen molar-refractivity contribution in [1.29, 1.82) is 0 Å². The molecule has 2 rings (SSSR count). The first-order valence-corrected chi connectivity index (χ1v) is 17.3. The summed E-state index contributed by atoms with van der Waals surface area (Å²) in [7, 11) is -2.86. The van der Waals surface area contributed by atoms with Crippen LogP contribution < -0.4 is 4.74 Å². The number of esters is 1. The van der Waals surface area contributed by atoms with Crippen LogP contribution in [-0.4, -0.2) is 111 Å². The zero-order valence-electron chi connectivity index (χ0n) is 25.5. The van der Waals surface area contributed by atoms with Gasteiger partial charge in [0.25, 0.3) is 0 Å². The highest BCUT2D eigenvalue weighted by atomic mass is 28.4. The average Bonchev–Trinajstić information content (AvgIpc) is 2.99. The lowest BCUT2D eigenvalue weighted by atomic mass is 9.94. The molecule has 0 unspecified atom stereocenters. The Morgan fingerprint density at radius 2 is 1.29 bits per heavy atom. The molecule has 0 aliphatic heterocycles. The van der Waals surface area contributed by atoms with Gasteiger partial charge in [-0.05, 0) is 45.7 Å². The standard InChI is InChI=1S/C30H53NO9Si/c1-4-38-41(39-5-2,40-6-3)27-31(28-13-9-7-10-14-28)18-17-30(32)37-26-24-35-22-20-33-19-21-34-23-25-36-29-15-11-8-12-16-29/h8,11-12,15-16,28H,4-7,9-10,13-14,17-27H2,1-3H3. The van der Waals surface area contributed by atoms with Gasteiger partial charge < -0.3 is 37.0 Å². The molecule has 0 bridgehead atoms. The lowest BCUT2D eigenvalue weighted by Crippen LogP contribution is -2.58. The Labute approximate surface area is 248 Å². The summed E-state index contributed by atoms with van der Waals surface area (Å²) in [6.07, 6.45) is 6.82. The lowest BCUT2D eigenvalue weighted by Gasteiger charge is -2.39. The van der Waals surface area contributed by atoms with Crippen LogP contribution in [0.1, 0.15) is 59.3 Å². The Morgan fingerprint density at radius 1 is 0.756 bits per heavy atom. The topological polar surface area (TPSA) is 94.2 Å². The molecule has 10 nitrogen and oxygen atoms in total. The Kier molecular flexibility index (Phi) is 19.9. The lowest BCUT2D eigenvalue weighted by molar-refractivity contribution is -0.145. The SMILES string of the molecule is CCO[Si](CN(CCC(=O)OCCOCCOCCOCCOc1ccccc1)C1CCCCC1)(OCC)OCC. The average molecular weight is 600 g/mol. The van der Waals surface area contributed by atoms with E-state index in [0.29, 0.717) is 91.2 Å². The van der Waals surface area contributed by atoms with Crippen LogP contribution in [0.5, 0.6) is 5.75 Å². The fourth-order valence-electron chi connectivity index (χ4n) is 4.81. The van der Waals surface area contributed by atoms with Crippen molar-refractivity contribution in [3.8, 4) is 5.75 Å². The Balaban J connectivity index is 1.56. The number of hydrogen-bond acceptors (Lipinski definition) is 10. The molecule has 0 aromatic heterocycles. The molecule has 1 aliphatic carbocycles. The second kappa shape index (κ2) is 23.0. The molecule has 1 fully saturated rings. The molecule has 0 spiro atoms. The third kappa shape index (κ3) is 16.0. The van der Waals surface area contributed by atoms with Crippen LogP contribution in [0.2, 0.25) is 0 Å². The van der Waals surface area contributed by atoms with Crippen LogP contribution in [0, 0.1) is 0 Å². The smallest absolute Gasteiger partial charge is 0.491 e. The van der Waals surface area contributed by atoms with Crippen LogP contribution in [0.4, 0.5) is 0 Å². The highest BCUT2D eigenvalue weighted by molar-refractivity contribution is 6.60. The summed E-state index contributed by atoms with van der Waals surface area (Å²) in [6, 6.07) is 10.1. The maximum atomic E-state index is 12.5. The minimum absolute atomic E-state index is 0.225. The summed E-state index contributed by atoms with van der Waals surface area (Å²) in [6.45, 7) is 11.6. The van der Waals surface area contributed by atoms with E-state index in [4.69, 9.17) is 37.0 Å². The summed E-state index contributed by atoms with van der Waals surface area (Å²) in [4.78, 5) is 14.9. The fourth-order valence-corrected chi connectivity index (χ4v) is 7.56. The van der Waals surface area contributed by atoms with E-state index in [9.17, 15) is 4.79 Å². The summed E-state index contributed by atoms with van der Waals surface area (Å²) >= 11 is 0. The number of carbonyl (C=O) groups is 1. The first-order valence-electron chi connectivity index (χ1n) is 15.3. The van der Waals surface area contributed by atoms with Gasteiger partial charge in [0.1, 0.15) is 19.0 Å². The van der Waals surface area contributed by atoms with E-state index >= 15 is 0 Å². The molecule has 0 saturated heterocycles. The first kappa shape index (κ1) is 35.6. The molecule has 1 aromatic carbocycles. The van der Waals surface area contributed by atoms with Gasteiger partial charge in [-0.25, -0.2) is 0 Å². The summed E-state index contributed by atoms with van der Waals surface area (Å²) < 4.78 is 45.8. The maximum absolute atomic E-state index is 12.5. The second-order valence-electron chi connectivity index (χ2n) is 9.71. The van der Waals surface area contributed by atoms with Gasteiger partial charge in [0.05, 0.1) is 52.2 Å². The number of rotatable bonds is 25. The zero-order valence-corrected chi connectivity index (χ0v) is 26.5. The fraction of sp³-hybridized carbons (Fsp3) is 0.767. The summed E-state index contributed by atoms with van der Waals surface area (Å²) in [5.41, 5.74) is 0. The highest BCUT2D eigenvalue weighted by Crippen LogP contribution is 2.25. The summed E-state index contributed by atoms with van der Waals surface area (Å²) in [5, 5.41) is 0. The van der Waals surface area contributed by atoms with Gasteiger partial charge in [0.15, 0.2) is 0 Å². The number of nitrogens with zero attached hydrogens (tertiary/aromatic N) is 1. The maximum Gasteiger partial charge on any atom is 0.515 e. The zero-order chi connectivity index (χ0) is 29.4. The summed E-state index contributed by atoms with van der Waals surface area (Å²) in [5.74, 6) is 0.609. The van der Waals surface area contributed by atoms with Crippen molar-refractivity contribution in [2.75, 3.05) is 85.4 Å². The predicted octanol–water partition coefficient (Wildman–Crippen LogP) is 4.27. The van der Waals surface area contributed by atoms with E-state index < -0.39 is 8.80 Å². The molecular weight excluding hydrogens is 546 g/mol. The number of para-hydroxylation sites is 1. The Bertz CT molecular complexity index is 751.